The number of hydrogen-bond acceptors (Lipinski definition) is 2. The van der Waals surface area contributed by atoms with Crippen molar-refractivity contribution in [3.05, 3.63) is 26.6 Å². The second-order valence-electron chi connectivity index (χ2n) is 8.87. The summed E-state index contributed by atoms with van der Waals surface area (Å²) >= 11 is 0.00694. The summed E-state index contributed by atoms with van der Waals surface area (Å²) in [6, 6.07) is 1.09. The van der Waals surface area contributed by atoms with Crippen LogP contribution in [-0.4, -0.2) is 81.6 Å². The number of halogens is 2. The number of carbonyl (C=O) groups excluding carboxylic acids is 2. The number of aldehydes is 1. The zero-order chi connectivity index (χ0) is 25.9. The number of carbonyl (C=O) groups is 2. The molecule has 1 aliphatic carbocycles. The first-order valence-corrected chi connectivity index (χ1v) is 15.6. The first-order valence-electron chi connectivity index (χ1n) is 12.8. The predicted octanol–water partition coefficient (Wildman–Crippen LogP) is 6.56. The molecule has 0 spiro atoms. The van der Waals surface area contributed by atoms with Crippen molar-refractivity contribution in [3.8, 4) is 0 Å². The average Bonchev–Trinajstić information content (AvgIpc) is 2.84. The molecule has 0 bridgehead atoms. The van der Waals surface area contributed by atoms with Gasteiger partial charge in [0.05, 0.1) is 0 Å². The molecule has 1 saturated carbocycles. The maximum absolute atomic E-state index is 11.7. The van der Waals surface area contributed by atoms with Crippen LogP contribution in [0.2, 0.25) is 0 Å². The average molecular weight is 569 g/mol. The van der Waals surface area contributed by atoms with Crippen molar-refractivity contribution in [2.45, 2.75) is 95.4 Å². The fourth-order valence-corrected chi connectivity index (χ4v) is 4.08. The zero-order valence-corrected chi connectivity index (χ0v) is 23.2. The van der Waals surface area contributed by atoms with E-state index in [1.807, 2.05) is 0 Å². The van der Waals surface area contributed by atoms with Gasteiger partial charge in [0, 0.05) is 25.1 Å². The molecule has 34 heavy (non-hydrogen) atoms. The van der Waals surface area contributed by atoms with Gasteiger partial charge >= 0.3 is 33.3 Å². The molecular weight excluding hydrogens is 518 g/mol. The minimum atomic E-state index is -0.702. The molecule has 1 amide bonds. The van der Waals surface area contributed by atoms with Crippen LogP contribution in [0.1, 0.15) is 72.3 Å². The van der Waals surface area contributed by atoms with Crippen LogP contribution in [0, 0.1) is 0 Å². The number of amides is 1. The van der Waals surface area contributed by atoms with Crippen LogP contribution in [0.5, 0.6) is 0 Å². The van der Waals surface area contributed by atoms with Crippen LogP contribution in [0.15, 0.2) is 0 Å². The van der Waals surface area contributed by atoms with E-state index in [0.29, 0.717) is 25.7 Å². The van der Waals surface area contributed by atoms with E-state index in [2.05, 4.69) is 19.2 Å². The minimum Gasteiger partial charge on any atom is 0 e. The molecule has 2 aliphatic rings. The number of nitrogens with zero attached hydrogens (tertiary/aromatic N) is 5. The third-order valence-electron chi connectivity index (χ3n) is 5.95. The maximum Gasteiger partial charge on any atom is 0 e. The van der Waals surface area contributed by atoms with Gasteiger partial charge in [-0.3, -0.25) is 4.79 Å². The summed E-state index contributed by atoms with van der Waals surface area (Å²) in [7, 11) is 9.59. The Balaban J connectivity index is -0.000000835. The van der Waals surface area contributed by atoms with Gasteiger partial charge in [0.1, 0.15) is 7.63 Å². The Morgan fingerprint density at radius 1 is 1.03 bits per heavy atom. The molecule has 1 saturated heterocycles. The van der Waals surface area contributed by atoms with E-state index in [0.717, 1.165) is 45.3 Å². The number of fused-ring (bicyclic) bond motifs is 1. The molecule has 1 aliphatic heterocycles. The molecule has 11 heteroatoms. The Hall–Kier alpha value is 0.0395. The molecule has 8 nitrogen and oxygen atoms in total. The van der Waals surface area contributed by atoms with Crippen molar-refractivity contribution in [2.24, 2.45) is 0 Å². The van der Waals surface area contributed by atoms with Crippen molar-refractivity contribution in [1.29, 1.82) is 0 Å². The largest absolute Gasteiger partial charge is 0 e. The van der Waals surface area contributed by atoms with E-state index in [4.69, 9.17) is 48.2 Å². The summed E-state index contributed by atoms with van der Waals surface area (Å²) in [5.41, 5.74) is 0. The van der Waals surface area contributed by atoms with Gasteiger partial charge in [-0.1, -0.05) is 46.0 Å². The van der Waals surface area contributed by atoms with Crippen LogP contribution in [0.25, 0.3) is 26.6 Å². The molecule has 0 aromatic carbocycles. The van der Waals surface area contributed by atoms with E-state index >= 15 is 0 Å². The normalized spacial score (nSPS) is 29.8. The Kier molecular flexibility index (Phi) is 18.8. The van der Waals surface area contributed by atoms with Crippen molar-refractivity contribution in [3.63, 3.8) is 0 Å². The summed E-state index contributed by atoms with van der Waals surface area (Å²) in [6.45, 7) is 8.42. The Bertz CT molecular complexity index is 599. The first kappa shape index (κ1) is 30.3. The Morgan fingerprint density at radius 3 is 2.35 bits per heavy atom. The molecule has 5 atom stereocenters. The van der Waals surface area contributed by atoms with Crippen LogP contribution < -0.4 is 5.32 Å². The van der Waals surface area contributed by atoms with Gasteiger partial charge in [-0.2, -0.15) is 62.9 Å². The van der Waals surface area contributed by atoms with Gasteiger partial charge in [0.25, 0.3) is 0 Å². The van der Waals surface area contributed by atoms with Crippen LogP contribution in [0.3, 0.4) is 0 Å². The molecule has 0 radical (unpaired) electrons. The summed E-state index contributed by atoms with van der Waals surface area (Å²) in [5, 5.41) is 27.2. The van der Waals surface area contributed by atoms with Crippen LogP contribution in [0.4, 0.5) is 0 Å². The monoisotopic (exact) mass is 567 g/mol. The van der Waals surface area contributed by atoms with Gasteiger partial charge in [-0.05, 0) is 6.42 Å². The minimum absolute atomic E-state index is 0. The third-order valence-corrected chi connectivity index (χ3v) is 5.95. The standard InChI is InChI=1S/C23H41N6O2.2ClH.Mn.4H2/c1-18-15-27-19(2)16-28-20(7-5-11-26-23(31)10-6-14-30)17-29-22-9-4-3-8-21(22)25-13-12-24-18;;;;;;;/h14,18-22H,3-13,15-17H2,1-2H3,(H,26,31);2*1H;;4*1H/q-5;;;+2;;;;/p-2/t18-,19+,20-,21+,22+;;;;;;;/m0......./s1/i14D;;;;;;;. The van der Waals surface area contributed by atoms with Crippen molar-refractivity contribution in [2.75, 3.05) is 39.3 Å². The van der Waals surface area contributed by atoms with Gasteiger partial charge in [0.15, 0.2) is 0 Å². The van der Waals surface area contributed by atoms with Crippen molar-refractivity contribution < 1.29 is 29.8 Å². The zero-order valence-electron chi connectivity index (χ0n) is 21.5. The van der Waals surface area contributed by atoms with Crippen molar-refractivity contribution >= 4 is 32.4 Å². The van der Waals surface area contributed by atoms with Gasteiger partial charge < -0.3 is 36.7 Å². The second kappa shape index (κ2) is 21.2. The molecule has 0 unspecified atom stereocenters. The fourth-order valence-electron chi connectivity index (χ4n) is 4.08. The molecule has 209 valence electrons. The quantitative estimate of drug-likeness (QED) is 0.213. The molecule has 2 rings (SSSR count). The second-order valence-corrected chi connectivity index (χ2v) is 10.8. The van der Waals surface area contributed by atoms with E-state index in [-0.39, 0.29) is 61.8 Å². The van der Waals surface area contributed by atoms with Crippen molar-refractivity contribution in [1.82, 2.24) is 5.32 Å². The fraction of sp³-hybridized carbons (Fsp3) is 0.913. The van der Waals surface area contributed by atoms with Gasteiger partial charge in [-0.15, -0.1) is 0 Å². The molecular formula is C23H49Cl2MnN6O2-5. The number of hydrogen-bond donors (Lipinski definition) is 1. The van der Waals surface area contributed by atoms with E-state index in [1.54, 1.807) is 0 Å². The predicted molar refractivity (Wildman–Crippen MR) is 148 cm³/mol. The Labute approximate surface area is 228 Å². The topological polar surface area (TPSA) is 117 Å². The van der Waals surface area contributed by atoms with E-state index in [9.17, 15) is 9.59 Å². The Morgan fingerprint density at radius 2 is 1.65 bits per heavy atom. The third kappa shape index (κ3) is 15.9. The molecule has 1 N–H and O–H groups in total. The van der Waals surface area contributed by atoms with Crippen LogP contribution in [-0.2, 0) is 22.7 Å². The van der Waals surface area contributed by atoms with Crippen LogP contribution >= 0.6 is 20.2 Å². The first-order chi connectivity index (χ1) is 16.8. The van der Waals surface area contributed by atoms with E-state index < -0.39 is 6.26 Å². The SMILES string of the molecule is [2H]C(=O)CCC(=O)NCCC[C@H]1C[N-][C@@H]2CCCC[C@H]2[N-]CC[N-][C@@H](C)C[N-][C@H](C)C[N-]1.[Cl][Mn][Cl].[HH].[HH].[HH].[HH]. The van der Waals surface area contributed by atoms with Gasteiger partial charge in [0.2, 0.25) is 5.91 Å². The van der Waals surface area contributed by atoms with E-state index in [1.165, 1.54) is 12.8 Å². The van der Waals surface area contributed by atoms with Gasteiger partial charge in [-0.25, -0.2) is 0 Å². The maximum atomic E-state index is 11.7. The molecule has 0 aromatic rings. The summed E-state index contributed by atoms with van der Waals surface area (Å²) < 4.78 is 6.89. The summed E-state index contributed by atoms with van der Waals surface area (Å²) in [6.07, 6.45) is 5.68. The molecule has 1 heterocycles. The molecule has 0 aromatic heterocycles. The summed E-state index contributed by atoms with van der Waals surface area (Å²) in [5.74, 6) is -0.173. The number of nitrogens with one attached hydrogen (secondary N) is 1. The smallest absolute Gasteiger partial charge is 0 e. The number of rotatable bonds is 7. The molecule has 2 fully saturated rings. The summed E-state index contributed by atoms with van der Waals surface area (Å²) in [4.78, 5) is 22.4.